The topological polar surface area (TPSA) is 28.2 Å². The quantitative estimate of drug-likeness (QED) is 0.671. The number of piperazine rings is 1. The number of nitrogens with zero attached hydrogens (tertiary/aromatic N) is 3. The maximum absolute atomic E-state index is 13.2. The molecule has 2 saturated heterocycles. The summed E-state index contributed by atoms with van der Waals surface area (Å²) in [6.45, 7) is 7.93. The highest BCUT2D eigenvalue weighted by Gasteiger charge is 2.28. The molecule has 168 valence electrons. The Bertz CT molecular complexity index is 837. The molecule has 5 nitrogen and oxygen atoms in total. The van der Waals surface area contributed by atoms with Crippen LogP contribution in [0, 0.1) is 5.82 Å². The van der Waals surface area contributed by atoms with E-state index in [1.165, 1.54) is 18.4 Å². The molecule has 31 heavy (non-hydrogen) atoms. The van der Waals surface area contributed by atoms with E-state index < -0.39 is 0 Å². The van der Waals surface area contributed by atoms with Gasteiger partial charge in [-0.1, -0.05) is 6.07 Å². The van der Waals surface area contributed by atoms with Crippen molar-refractivity contribution in [1.82, 2.24) is 9.80 Å². The van der Waals surface area contributed by atoms with E-state index in [0.717, 1.165) is 62.8 Å². The summed E-state index contributed by atoms with van der Waals surface area (Å²) in [5, 5.41) is 0. The number of halogens is 1. The van der Waals surface area contributed by atoms with Crippen molar-refractivity contribution in [3.63, 3.8) is 0 Å². The third kappa shape index (κ3) is 5.56. The summed E-state index contributed by atoms with van der Waals surface area (Å²) in [4.78, 5) is 7.60. The van der Waals surface area contributed by atoms with Gasteiger partial charge in [-0.25, -0.2) is 4.39 Å². The molecule has 0 unspecified atom stereocenters. The zero-order valence-corrected chi connectivity index (χ0v) is 18.7. The third-order valence-corrected chi connectivity index (χ3v) is 6.55. The van der Waals surface area contributed by atoms with Crippen LogP contribution in [0.15, 0.2) is 42.5 Å². The molecule has 2 aliphatic heterocycles. The monoisotopic (exact) mass is 427 g/mol. The molecule has 0 radical (unpaired) electrons. The van der Waals surface area contributed by atoms with E-state index in [1.807, 2.05) is 12.1 Å². The number of ether oxygens (including phenoxy) is 2. The van der Waals surface area contributed by atoms with Gasteiger partial charge in [0.2, 0.25) is 0 Å². The molecule has 0 amide bonds. The molecule has 0 saturated carbocycles. The first-order chi connectivity index (χ1) is 15.2. The Morgan fingerprint density at radius 3 is 2.45 bits per heavy atom. The van der Waals surface area contributed by atoms with Crippen LogP contribution in [0.4, 0.5) is 10.1 Å². The number of benzene rings is 2. The van der Waals surface area contributed by atoms with Gasteiger partial charge in [-0.2, -0.15) is 0 Å². The van der Waals surface area contributed by atoms with Crippen molar-refractivity contribution < 1.29 is 13.9 Å². The van der Waals surface area contributed by atoms with E-state index in [4.69, 9.17) is 9.47 Å². The molecule has 2 fully saturated rings. The van der Waals surface area contributed by atoms with Crippen LogP contribution in [-0.4, -0.2) is 69.3 Å². The fraction of sp³-hybridized carbons (Fsp3) is 0.520. The van der Waals surface area contributed by atoms with Crippen molar-refractivity contribution >= 4 is 5.69 Å². The molecule has 0 bridgehead atoms. The second-order valence-electron chi connectivity index (χ2n) is 8.61. The van der Waals surface area contributed by atoms with Crippen LogP contribution in [0.25, 0.3) is 0 Å². The fourth-order valence-electron chi connectivity index (χ4n) is 4.93. The number of hydrogen-bond acceptors (Lipinski definition) is 5. The second kappa shape index (κ2) is 10.4. The highest BCUT2D eigenvalue weighted by molar-refractivity contribution is 5.46. The maximum atomic E-state index is 13.2. The van der Waals surface area contributed by atoms with Gasteiger partial charge in [0.15, 0.2) is 0 Å². The highest BCUT2D eigenvalue weighted by Crippen LogP contribution is 2.25. The number of hydrogen-bond donors (Lipinski definition) is 0. The molecular weight excluding hydrogens is 393 g/mol. The first kappa shape index (κ1) is 22.1. The number of anilines is 1. The summed E-state index contributed by atoms with van der Waals surface area (Å²) >= 11 is 0. The van der Waals surface area contributed by atoms with Gasteiger partial charge in [0.25, 0.3) is 0 Å². The van der Waals surface area contributed by atoms with Crippen LogP contribution in [-0.2, 0) is 17.9 Å². The van der Waals surface area contributed by atoms with E-state index in [-0.39, 0.29) is 5.82 Å². The zero-order chi connectivity index (χ0) is 21.6. The standard InChI is InChI=1S/C25H34FN3O2/c1-30-19-21-16-20(5-10-25(21)31-2)17-27-11-3-4-24(18-27)29-14-12-28(13-15-29)23-8-6-22(26)7-9-23/h5-10,16,24H,3-4,11-15,17-19H2,1-2H3/t24-/m0/s1. The van der Waals surface area contributed by atoms with Gasteiger partial charge in [-0.15, -0.1) is 0 Å². The van der Waals surface area contributed by atoms with E-state index in [0.29, 0.717) is 12.6 Å². The van der Waals surface area contributed by atoms with Crippen LogP contribution in [0.2, 0.25) is 0 Å². The van der Waals surface area contributed by atoms with Crippen molar-refractivity contribution in [3.8, 4) is 5.75 Å². The lowest BCUT2D eigenvalue weighted by Crippen LogP contribution is -2.55. The highest BCUT2D eigenvalue weighted by atomic mass is 19.1. The van der Waals surface area contributed by atoms with Crippen LogP contribution in [0.5, 0.6) is 5.75 Å². The summed E-state index contributed by atoms with van der Waals surface area (Å²) in [7, 11) is 3.43. The molecule has 2 aliphatic rings. The summed E-state index contributed by atoms with van der Waals surface area (Å²) in [5.41, 5.74) is 3.54. The molecule has 0 aromatic heterocycles. The normalized spacial score (nSPS) is 20.7. The Labute approximate surface area is 185 Å². The summed E-state index contributed by atoms with van der Waals surface area (Å²) < 4.78 is 24.0. The predicted molar refractivity (Wildman–Crippen MR) is 122 cm³/mol. The lowest BCUT2D eigenvalue weighted by molar-refractivity contribution is 0.0887. The average Bonchev–Trinajstić information content (AvgIpc) is 2.80. The number of piperidine rings is 1. The maximum Gasteiger partial charge on any atom is 0.124 e. The Morgan fingerprint density at radius 2 is 1.74 bits per heavy atom. The van der Waals surface area contributed by atoms with Crippen LogP contribution < -0.4 is 9.64 Å². The minimum atomic E-state index is -0.170. The summed E-state index contributed by atoms with van der Waals surface area (Å²) in [6, 6.07) is 13.9. The van der Waals surface area contributed by atoms with Gasteiger partial charge >= 0.3 is 0 Å². The van der Waals surface area contributed by atoms with E-state index in [2.05, 4.69) is 32.9 Å². The van der Waals surface area contributed by atoms with Gasteiger partial charge in [0.1, 0.15) is 11.6 Å². The average molecular weight is 428 g/mol. The Balaban J connectivity index is 1.32. The summed E-state index contributed by atoms with van der Waals surface area (Å²) in [5.74, 6) is 0.719. The number of rotatable bonds is 7. The molecule has 2 aromatic rings. The molecule has 2 aromatic carbocycles. The van der Waals surface area contributed by atoms with Gasteiger partial charge < -0.3 is 14.4 Å². The minimum absolute atomic E-state index is 0.170. The third-order valence-electron chi connectivity index (χ3n) is 6.55. The van der Waals surface area contributed by atoms with E-state index in [9.17, 15) is 4.39 Å². The van der Waals surface area contributed by atoms with Gasteiger partial charge in [-0.3, -0.25) is 9.80 Å². The Hall–Kier alpha value is -2.15. The van der Waals surface area contributed by atoms with Crippen molar-refractivity contribution in [1.29, 1.82) is 0 Å². The molecule has 2 heterocycles. The smallest absolute Gasteiger partial charge is 0.124 e. The van der Waals surface area contributed by atoms with Crippen LogP contribution in [0.1, 0.15) is 24.0 Å². The lowest BCUT2D eigenvalue weighted by atomic mass is 10.0. The van der Waals surface area contributed by atoms with Gasteiger partial charge in [0, 0.05) is 63.7 Å². The molecular formula is C25H34FN3O2. The van der Waals surface area contributed by atoms with E-state index in [1.54, 1.807) is 26.4 Å². The molecule has 1 atom stereocenters. The van der Waals surface area contributed by atoms with Crippen molar-refractivity contribution in [2.24, 2.45) is 0 Å². The molecule has 0 N–H and O–H groups in total. The first-order valence-electron chi connectivity index (χ1n) is 11.3. The fourth-order valence-corrected chi connectivity index (χ4v) is 4.93. The minimum Gasteiger partial charge on any atom is -0.496 e. The molecule has 0 aliphatic carbocycles. The lowest BCUT2D eigenvalue weighted by Gasteiger charge is -2.44. The van der Waals surface area contributed by atoms with Crippen molar-refractivity contribution in [2.45, 2.75) is 32.0 Å². The SMILES string of the molecule is COCc1cc(CN2CCC[C@H](N3CCN(c4ccc(F)cc4)CC3)C2)ccc1OC. The second-order valence-corrected chi connectivity index (χ2v) is 8.61. The summed E-state index contributed by atoms with van der Waals surface area (Å²) in [6.07, 6.45) is 2.51. The Kier molecular flexibility index (Phi) is 7.43. The molecule has 4 rings (SSSR count). The van der Waals surface area contributed by atoms with Gasteiger partial charge in [0.05, 0.1) is 13.7 Å². The largest absolute Gasteiger partial charge is 0.496 e. The number of likely N-dealkylation sites (tertiary alicyclic amines) is 1. The number of methoxy groups -OCH3 is 2. The predicted octanol–water partition coefficient (Wildman–Crippen LogP) is 3.77. The van der Waals surface area contributed by atoms with E-state index >= 15 is 0 Å². The van der Waals surface area contributed by atoms with Gasteiger partial charge in [-0.05, 0) is 61.3 Å². The molecule has 6 heteroatoms. The van der Waals surface area contributed by atoms with Crippen molar-refractivity contribution in [2.75, 3.05) is 58.4 Å². The first-order valence-corrected chi connectivity index (χ1v) is 11.3. The zero-order valence-electron chi connectivity index (χ0n) is 18.7. The van der Waals surface area contributed by atoms with Crippen molar-refractivity contribution in [3.05, 3.63) is 59.4 Å². The van der Waals surface area contributed by atoms with Crippen LogP contribution in [0.3, 0.4) is 0 Å². The Morgan fingerprint density at radius 1 is 0.968 bits per heavy atom. The molecule has 0 spiro atoms. The van der Waals surface area contributed by atoms with Crippen LogP contribution >= 0.6 is 0 Å².